The van der Waals surface area contributed by atoms with Crippen LogP contribution in [0.1, 0.15) is 28.8 Å². The number of carbonyl (C=O) groups excluding carboxylic acids is 1. The van der Waals surface area contributed by atoms with Gasteiger partial charge in [-0.15, -0.1) is 0 Å². The van der Waals surface area contributed by atoms with Gasteiger partial charge in [-0.3, -0.25) is 14.9 Å². The number of nitrogens with zero attached hydrogens (tertiary/aromatic N) is 2. The summed E-state index contributed by atoms with van der Waals surface area (Å²) in [5.74, 6) is -0.433. The number of hydrogen-bond donors (Lipinski definition) is 0. The number of methoxy groups -OCH3 is 1. The predicted molar refractivity (Wildman–Crippen MR) is 95.6 cm³/mol. The molecule has 0 N–H and O–H groups in total. The molecule has 0 atom stereocenters. The summed E-state index contributed by atoms with van der Waals surface area (Å²) in [6.45, 7) is -2.82. The molecule has 148 valence electrons. The van der Waals surface area contributed by atoms with Gasteiger partial charge in [0.1, 0.15) is 5.56 Å². The van der Waals surface area contributed by atoms with Gasteiger partial charge in [0.2, 0.25) is 0 Å². The smallest absolute Gasteiger partial charge is 0.387 e. The molecular formula is C19H18F2N2O5. The lowest BCUT2D eigenvalue weighted by Gasteiger charge is -2.23. The van der Waals surface area contributed by atoms with Crippen LogP contribution in [0.4, 0.5) is 14.5 Å². The van der Waals surface area contributed by atoms with Gasteiger partial charge in [-0.05, 0) is 36.6 Å². The van der Waals surface area contributed by atoms with Gasteiger partial charge in [-0.25, -0.2) is 0 Å². The van der Waals surface area contributed by atoms with Crippen LogP contribution in [0.5, 0.6) is 11.5 Å². The molecular weight excluding hydrogens is 374 g/mol. The van der Waals surface area contributed by atoms with Crippen molar-refractivity contribution in [3.8, 4) is 11.5 Å². The molecule has 1 aliphatic carbocycles. The van der Waals surface area contributed by atoms with Crippen LogP contribution in [0.2, 0.25) is 0 Å². The van der Waals surface area contributed by atoms with Crippen LogP contribution in [-0.4, -0.2) is 35.5 Å². The van der Waals surface area contributed by atoms with E-state index in [1.54, 1.807) is 17.0 Å². The molecule has 1 fully saturated rings. The Bertz CT molecular complexity index is 886. The minimum Gasteiger partial charge on any atom is -0.493 e. The summed E-state index contributed by atoms with van der Waals surface area (Å²) < 4.78 is 34.4. The normalized spacial score (nSPS) is 13.3. The lowest BCUT2D eigenvalue weighted by molar-refractivity contribution is -0.385. The Morgan fingerprint density at radius 3 is 2.57 bits per heavy atom. The molecule has 0 saturated heterocycles. The highest BCUT2D eigenvalue weighted by Crippen LogP contribution is 2.34. The molecule has 1 amide bonds. The predicted octanol–water partition coefficient (Wildman–Crippen LogP) is 4.01. The number of nitro benzene ring substituents is 1. The first kappa shape index (κ1) is 19.5. The van der Waals surface area contributed by atoms with E-state index in [1.807, 2.05) is 0 Å². The van der Waals surface area contributed by atoms with E-state index in [-0.39, 0.29) is 35.3 Å². The summed E-state index contributed by atoms with van der Waals surface area (Å²) in [6.07, 6.45) is 1.60. The zero-order valence-electron chi connectivity index (χ0n) is 15.0. The second-order valence-corrected chi connectivity index (χ2v) is 6.30. The third-order valence-corrected chi connectivity index (χ3v) is 4.38. The zero-order valence-corrected chi connectivity index (χ0v) is 15.0. The molecule has 2 aromatic rings. The minimum absolute atomic E-state index is 0.0176. The number of amides is 1. The third kappa shape index (κ3) is 4.36. The van der Waals surface area contributed by atoms with E-state index in [9.17, 15) is 23.7 Å². The highest BCUT2D eigenvalue weighted by Gasteiger charge is 2.35. The molecule has 0 heterocycles. The van der Waals surface area contributed by atoms with Crippen LogP contribution in [0.15, 0.2) is 42.5 Å². The summed E-state index contributed by atoms with van der Waals surface area (Å²) >= 11 is 0. The van der Waals surface area contributed by atoms with E-state index >= 15 is 0 Å². The van der Waals surface area contributed by atoms with Crippen molar-refractivity contribution in [2.24, 2.45) is 0 Å². The van der Waals surface area contributed by atoms with Gasteiger partial charge < -0.3 is 14.4 Å². The quantitative estimate of drug-likeness (QED) is 0.501. The van der Waals surface area contributed by atoms with E-state index in [0.717, 1.165) is 12.8 Å². The van der Waals surface area contributed by atoms with Crippen molar-refractivity contribution in [1.82, 2.24) is 4.90 Å². The molecule has 0 bridgehead atoms. The summed E-state index contributed by atoms with van der Waals surface area (Å²) in [5, 5.41) is 11.2. The maximum atomic E-state index is 13.0. The number of hydrogen-bond acceptors (Lipinski definition) is 5. The largest absolute Gasteiger partial charge is 0.493 e. The SMILES string of the molecule is COc1cc(CN(C(=O)c2ccccc2[N+](=O)[O-])C2CC2)ccc1OC(F)F. The van der Waals surface area contributed by atoms with Gasteiger partial charge in [-0.2, -0.15) is 8.78 Å². The van der Waals surface area contributed by atoms with Crippen molar-refractivity contribution in [1.29, 1.82) is 0 Å². The summed E-state index contributed by atoms with van der Waals surface area (Å²) in [5.41, 5.74) is 0.401. The van der Waals surface area contributed by atoms with Crippen LogP contribution in [0, 0.1) is 10.1 Å². The van der Waals surface area contributed by atoms with Crippen molar-refractivity contribution in [3.05, 3.63) is 63.7 Å². The number of alkyl halides is 2. The first-order valence-corrected chi connectivity index (χ1v) is 8.56. The monoisotopic (exact) mass is 392 g/mol. The number of benzene rings is 2. The maximum Gasteiger partial charge on any atom is 0.387 e. The fraction of sp³-hybridized carbons (Fsp3) is 0.316. The van der Waals surface area contributed by atoms with E-state index in [2.05, 4.69) is 4.74 Å². The van der Waals surface area contributed by atoms with Crippen LogP contribution in [-0.2, 0) is 6.54 Å². The zero-order chi connectivity index (χ0) is 20.3. The van der Waals surface area contributed by atoms with Crippen molar-refractivity contribution in [3.63, 3.8) is 0 Å². The molecule has 2 aromatic carbocycles. The third-order valence-electron chi connectivity index (χ3n) is 4.38. The highest BCUT2D eigenvalue weighted by molar-refractivity contribution is 5.98. The van der Waals surface area contributed by atoms with Gasteiger partial charge in [-0.1, -0.05) is 18.2 Å². The van der Waals surface area contributed by atoms with E-state index < -0.39 is 17.4 Å². The number of nitro groups is 1. The van der Waals surface area contributed by atoms with Crippen LogP contribution in [0.3, 0.4) is 0 Å². The van der Waals surface area contributed by atoms with Crippen molar-refractivity contribution in [2.75, 3.05) is 7.11 Å². The number of halogens is 2. The van der Waals surface area contributed by atoms with E-state index in [1.165, 1.54) is 37.4 Å². The minimum atomic E-state index is -2.98. The Morgan fingerprint density at radius 2 is 1.96 bits per heavy atom. The summed E-state index contributed by atoms with van der Waals surface area (Å²) in [7, 11) is 1.33. The van der Waals surface area contributed by atoms with Crippen molar-refractivity contribution < 1.29 is 28.0 Å². The number of para-hydroxylation sites is 1. The number of carbonyl (C=O) groups is 1. The van der Waals surface area contributed by atoms with Crippen molar-refractivity contribution >= 4 is 11.6 Å². The fourth-order valence-corrected chi connectivity index (χ4v) is 2.92. The van der Waals surface area contributed by atoms with Crippen LogP contribution >= 0.6 is 0 Å². The molecule has 3 rings (SSSR count). The summed E-state index contributed by atoms with van der Waals surface area (Å²) in [6, 6.07) is 10.2. The van der Waals surface area contributed by atoms with E-state index in [4.69, 9.17) is 4.74 Å². The summed E-state index contributed by atoms with van der Waals surface area (Å²) in [4.78, 5) is 25.2. The van der Waals surface area contributed by atoms with E-state index in [0.29, 0.717) is 5.56 Å². The lowest BCUT2D eigenvalue weighted by Crippen LogP contribution is -2.33. The Morgan fingerprint density at radius 1 is 1.25 bits per heavy atom. The van der Waals surface area contributed by atoms with Crippen LogP contribution in [0.25, 0.3) is 0 Å². The van der Waals surface area contributed by atoms with Gasteiger partial charge in [0, 0.05) is 18.7 Å². The van der Waals surface area contributed by atoms with Crippen molar-refractivity contribution in [2.45, 2.75) is 32.0 Å². The molecule has 28 heavy (non-hydrogen) atoms. The standard InChI is InChI=1S/C19H18F2N2O5/c1-27-17-10-12(6-9-16(17)28-19(20)21)11-22(13-7-8-13)18(24)14-4-2-3-5-15(14)23(25)26/h2-6,9-10,13,19H,7-8,11H2,1H3. The molecule has 1 aliphatic rings. The van der Waals surface area contributed by atoms with Gasteiger partial charge >= 0.3 is 6.61 Å². The van der Waals surface area contributed by atoms with Gasteiger partial charge in [0.05, 0.1) is 12.0 Å². The first-order chi connectivity index (χ1) is 13.4. The number of ether oxygens (including phenoxy) is 2. The lowest BCUT2D eigenvalue weighted by atomic mass is 10.1. The average Bonchev–Trinajstić information content (AvgIpc) is 3.51. The van der Waals surface area contributed by atoms with Gasteiger partial charge in [0.25, 0.3) is 11.6 Å². The molecule has 1 saturated carbocycles. The topological polar surface area (TPSA) is 81.9 Å². The Hall–Kier alpha value is -3.23. The first-order valence-electron chi connectivity index (χ1n) is 8.56. The maximum absolute atomic E-state index is 13.0. The molecule has 9 heteroatoms. The molecule has 0 spiro atoms. The highest BCUT2D eigenvalue weighted by atomic mass is 19.3. The van der Waals surface area contributed by atoms with Crippen LogP contribution < -0.4 is 9.47 Å². The molecule has 0 radical (unpaired) electrons. The molecule has 0 aliphatic heterocycles. The Kier molecular flexibility index (Phi) is 5.72. The van der Waals surface area contributed by atoms with Gasteiger partial charge in [0.15, 0.2) is 11.5 Å². The fourth-order valence-electron chi connectivity index (χ4n) is 2.92. The average molecular weight is 392 g/mol. The Balaban J connectivity index is 1.86. The Labute approximate surface area is 159 Å². The molecule has 0 unspecified atom stereocenters. The number of rotatable bonds is 8. The molecule has 7 nitrogen and oxygen atoms in total. The second kappa shape index (κ2) is 8.20. The second-order valence-electron chi connectivity index (χ2n) is 6.30. The molecule has 0 aromatic heterocycles.